The van der Waals surface area contributed by atoms with Crippen LogP contribution < -0.4 is 5.32 Å². The van der Waals surface area contributed by atoms with E-state index in [0.29, 0.717) is 5.69 Å². The molecule has 3 rings (SSSR count). The van der Waals surface area contributed by atoms with Crippen LogP contribution in [-0.4, -0.2) is 57.1 Å². The summed E-state index contributed by atoms with van der Waals surface area (Å²) in [6.45, 7) is 14.2. The van der Waals surface area contributed by atoms with Gasteiger partial charge in [-0.1, -0.05) is 34.6 Å². The van der Waals surface area contributed by atoms with E-state index in [-0.39, 0.29) is 35.0 Å². The number of benzene rings is 1. The number of halogens is 2. The van der Waals surface area contributed by atoms with Gasteiger partial charge in [0.15, 0.2) is 0 Å². The van der Waals surface area contributed by atoms with Crippen LogP contribution in [0.1, 0.15) is 69.1 Å². The maximum Gasteiger partial charge on any atom is 0.407 e. The van der Waals surface area contributed by atoms with Gasteiger partial charge in [-0.25, -0.2) is 9.18 Å². The topological polar surface area (TPSA) is 85.8 Å². The Morgan fingerprint density at radius 2 is 1.86 bits per heavy atom. The highest BCUT2D eigenvalue weighted by molar-refractivity contribution is 9.10. The van der Waals surface area contributed by atoms with E-state index in [9.17, 15) is 19.1 Å². The molecule has 0 aliphatic carbocycles. The summed E-state index contributed by atoms with van der Waals surface area (Å²) in [5, 5.41) is 13.1. The van der Waals surface area contributed by atoms with Gasteiger partial charge in [-0.3, -0.25) is 9.78 Å². The summed E-state index contributed by atoms with van der Waals surface area (Å²) in [7, 11) is 0. The number of aromatic nitrogens is 1. The number of carbonyl (C=O) groups is 2. The number of hydrogen-bond acceptors (Lipinski definition) is 4. The molecule has 0 bridgehead atoms. The van der Waals surface area contributed by atoms with Gasteiger partial charge in [0.05, 0.1) is 39.2 Å². The lowest BCUT2D eigenvalue weighted by Crippen LogP contribution is -2.65. The molecule has 1 fully saturated rings. The van der Waals surface area contributed by atoms with E-state index in [0.717, 1.165) is 16.9 Å². The Morgan fingerprint density at radius 1 is 1.23 bits per heavy atom. The number of anilines is 2. The number of rotatable bonds is 4. The maximum absolute atomic E-state index is 14.7. The third-order valence-corrected chi connectivity index (χ3v) is 7.15. The summed E-state index contributed by atoms with van der Waals surface area (Å²) in [5.74, 6) is -0.759. The van der Waals surface area contributed by atoms with Crippen LogP contribution in [0.25, 0.3) is 0 Å². The number of carbonyl (C=O) groups excluding carboxylic acids is 1. The molecular weight excluding hydrogens is 515 g/mol. The molecule has 2 atom stereocenters. The summed E-state index contributed by atoms with van der Waals surface area (Å²) in [6, 6.07) is 3.87. The van der Waals surface area contributed by atoms with Crippen molar-refractivity contribution in [2.45, 2.75) is 66.5 Å². The Kier molecular flexibility index (Phi) is 7.79. The quantitative estimate of drug-likeness (QED) is 0.461. The third-order valence-electron chi connectivity index (χ3n) is 6.55. The highest BCUT2D eigenvalue weighted by atomic mass is 79.9. The fourth-order valence-electron chi connectivity index (χ4n) is 4.98. The van der Waals surface area contributed by atoms with E-state index in [4.69, 9.17) is 0 Å². The fourth-order valence-corrected chi connectivity index (χ4v) is 5.32. The molecule has 2 heterocycles. The van der Waals surface area contributed by atoms with Crippen LogP contribution in [-0.2, 0) is 0 Å². The van der Waals surface area contributed by atoms with Crippen molar-refractivity contribution in [2.75, 3.05) is 18.4 Å². The highest BCUT2D eigenvalue weighted by Gasteiger charge is 2.44. The largest absolute Gasteiger partial charge is 0.465 e. The van der Waals surface area contributed by atoms with Crippen LogP contribution in [0.4, 0.5) is 20.6 Å². The molecule has 1 aliphatic heterocycles. The van der Waals surface area contributed by atoms with Crippen molar-refractivity contribution in [1.82, 2.24) is 14.8 Å². The standard InChI is InChI=1S/C26H34BrFN4O3/c1-14(2)21-22(15(3)8-9-29-21)30-20-13-18(27)19(28)12-17(20)24(33)31-10-11-32(25(34)35)23(16(31)4)26(5,6)7/h8-9,12-14,16,23,30H,10-11H2,1-7H3,(H,34,35). The average Bonchev–Trinajstić information content (AvgIpc) is 2.75. The Morgan fingerprint density at radius 3 is 2.43 bits per heavy atom. The normalized spacial score (nSPS) is 18.7. The molecule has 7 nitrogen and oxygen atoms in total. The van der Waals surface area contributed by atoms with Crippen LogP contribution in [0.15, 0.2) is 28.9 Å². The van der Waals surface area contributed by atoms with Gasteiger partial charge < -0.3 is 20.2 Å². The molecule has 0 spiro atoms. The van der Waals surface area contributed by atoms with Crippen molar-refractivity contribution < 1.29 is 19.1 Å². The highest BCUT2D eigenvalue weighted by Crippen LogP contribution is 2.36. The minimum absolute atomic E-state index is 0.136. The SMILES string of the molecule is Cc1ccnc(C(C)C)c1Nc1cc(Br)c(F)cc1C(=O)N1CCN(C(=O)O)C(C(C)(C)C)C1C. The average molecular weight is 549 g/mol. The van der Waals surface area contributed by atoms with Crippen LogP contribution in [0, 0.1) is 18.2 Å². The lowest BCUT2D eigenvalue weighted by Gasteiger charge is -2.50. The molecule has 190 valence electrons. The van der Waals surface area contributed by atoms with Crippen molar-refractivity contribution in [1.29, 1.82) is 0 Å². The zero-order valence-electron chi connectivity index (χ0n) is 21.3. The van der Waals surface area contributed by atoms with Crippen molar-refractivity contribution in [3.63, 3.8) is 0 Å². The minimum atomic E-state index is -1.01. The Labute approximate surface area is 214 Å². The first-order chi connectivity index (χ1) is 16.2. The van der Waals surface area contributed by atoms with Crippen LogP contribution in [0.2, 0.25) is 0 Å². The van der Waals surface area contributed by atoms with E-state index in [1.165, 1.54) is 11.0 Å². The zero-order valence-corrected chi connectivity index (χ0v) is 22.9. The van der Waals surface area contributed by atoms with Crippen LogP contribution >= 0.6 is 15.9 Å². The number of piperazine rings is 1. The molecule has 2 aromatic rings. The van der Waals surface area contributed by atoms with Gasteiger partial charge in [-0.15, -0.1) is 0 Å². The van der Waals surface area contributed by atoms with E-state index in [2.05, 4.69) is 26.2 Å². The molecule has 35 heavy (non-hydrogen) atoms. The first kappa shape index (κ1) is 26.9. The molecule has 9 heteroatoms. The predicted molar refractivity (Wildman–Crippen MR) is 139 cm³/mol. The van der Waals surface area contributed by atoms with Gasteiger partial charge in [-0.05, 0) is 64.9 Å². The number of hydrogen-bond donors (Lipinski definition) is 2. The Balaban J connectivity index is 2.06. The third kappa shape index (κ3) is 5.44. The molecule has 1 aromatic heterocycles. The number of amides is 2. The van der Waals surface area contributed by atoms with Crippen molar-refractivity contribution in [3.05, 3.63) is 51.5 Å². The molecule has 0 radical (unpaired) electrons. The van der Waals surface area contributed by atoms with Crippen molar-refractivity contribution in [2.24, 2.45) is 5.41 Å². The van der Waals surface area contributed by atoms with Gasteiger partial charge in [-0.2, -0.15) is 0 Å². The molecule has 1 aromatic carbocycles. The van der Waals surface area contributed by atoms with Crippen LogP contribution in [0.5, 0.6) is 0 Å². The summed E-state index contributed by atoms with van der Waals surface area (Å²) < 4.78 is 14.9. The molecule has 2 unspecified atom stereocenters. The van der Waals surface area contributed by atoms with Crippen molar-refractivity contribution in [3.8, 4) is 0 Å². The number of pyridine rings is 1. The maximum atomic E-state index is 14.7. The monoisotopic (exact) mass is 548 g/mol. The van der Waals surface area contributed by atoms with Gasteiger partial charge in [0.2, 0.25) is 0 Å². The summed E-state index contributed by atoms with van der Waals surface area (Å²) in [5.41, 5.74) is 2.83. The second-order valence-electron chi connectivity index (χ2n) is 10.5. The Bertz CT molecular complexity index is 1130. The fraction of sp³-hybridized carbons (Fsp3) is 0.500. The number of nitrogens with one attached hydrogen (secondary N) is 1. The van der Waals surface area contributed by atoms with E-state index < -0.39 is 29.4 Å². The van der Waals surface area contributed by atoms with Crippen LogP contribution in [0.3, 0.4) is 0 Å². The second kappa shape index (κ2) is 10.1. The molecule has 0 saturated carbocycles. The smallest absolute Gasteiger partial charge is 0.407 e. The summed E-state index contributed by atoms with van der Waals surface area (Å²) in [6.07, 6.45) is 0.743. The van der Waals surface area contributed by atoms with E-state index >= 15 is 0 Å². The van der Waals surface area contributed by atoms with E-state index in [1.54, 1.807) is 17.2 Å². The number of carboxylic acid groups (broad SMARTS) is 1. The lowest BCUT2D eigenvalue weighted by molar-refractivity contribution is -0.00890. The van der Waals surface area contributed by atoms with Gasteiger partial charge in [0.1, 0.15) is 5.82 Å². The van der Waals surface area contributed by atoms with Gasteiger partial charge in [0.25, 0.3) is 5.91 Å². The number of aryl methyl sites for hydroxylation is 1. The van der Waals surface area contributed by atoms with E-state index in [1.807, 2.05) is 54.5 Å². The van der Waals surface area contributed by atoms with Crippen molar-refractivity contribution >= 4 is 39.3 Å². The molecule has 1 aliphatic rings. The molecule has 2 amide bonds. The molecule has 1 saturated heterocycles. The zero-order chi connectivity index (χ0) is 26.2. The molecular formula is C26H34BrFN4O3. The minimum Gasteiger partial charge on any atom is -0.465 e. The van der Waals surface area contributed by atoms with Gasteiger partial charge >= 0.3 is 6.09 Å². The predicted octanol–water partition coefficient (Wildman–Crippen LogP) is 6.40. The van der Waals surface area contributed by atoms with Gasteiger partial charge in [0, 0.05) is 19.3 Å². The summed E-state index contributed by atoms with van der Waals surface area (Å²) >= 11 is 3.25. The Hall–Kier alpha value is -2.68. The lowest BCUT2D eigenvalue weighted by atomic mass is 9.79. The second-order valence-corrected chi connectivity index (χ2v) is 11.4. The summed E-state index contributed by atoms with van der Waals surface area (Å²) in [4.78, 5) is 33.3. The first-order valence-electron chi connectivity index (χ1n) is 11.8. The molecule has 2 N–H and O–H groups in total. The first-order valence-corrected chi connectivity index (χ1v) is 12.6. The number of nitrogens with zero attached hydrogens (tertiary/aromatic N) is 3.